The van der Waals surface area contributed by atoms with Crippen molar-refractivity contribution in [3.63, 3.8) is 0 Å². The molecule has 2 aromatic carbocycles. The van der Waals surface area contributed by atoms with Gasteiger partial charge in [0.05, 0.1) is 5.69 Å². The molecule has 1 aliphatic heterocycles. The second-order valence-electron chi connectivity index (χ2n) is 6.63. The molecule has 1 saturated heterocycles. The first kappa shape index (κ1) is 18.2. The molecule has 1 aliphatic rings. The molecule has 5 nitrogen and oxygen atoms in total. The van der Waals surface area contributed by atoms with Crippen LogP contribution < -0.4 is 4.90 Å². The van der Waals surface area contributed by atoms with E-state index in [1.807, 2.05) is 0 Å². The Kier molecular flexibility index (Phi) is 4.85. The van der Waals surface area contributed by atoms with Crippen LogP contribution in [0.15, 0.2) is 47.0 Å². The normalized spacial score (nSPS) is 17.6. The Morgan fingerprint density at radius 2 is 1.86 bits per heavy atom. The van der Waals surface area contributed by atoms with Crippen LogP contribution in [-0.2, 0) is 4.79 Å². The minimum absolute atomic E-state index is 0.0539. The van der Waals surface area contributed by atoms with Gasteiger partial charge in [0, 0.05) is 24.4 Å². The average molecular weight is 387 g/mol. The zero-order valence-electron chi connectivity index (χ0n) is 14.7. The van der Waals surface area contributed by atoms with E-state index in [9.17, 15) is 18.0 Å². The lowest BCUT2D eigenvalue weighted by Gasteiger charge is -2.21. The monoisotopic (exact) mass is 387 g/mol. The minimum atomic E-state index is -1.03. The molecule has 8 heteroatoms. The smallest absolute Gasteiger partial charge is 0.257 e. The van der Waals surface area contributed by atoms with E-state index < -0.39 is 11.6 Å². The highest BCUT2D eigenvalue weighted by Crippen LogP contribution is 2.32. The highest BCUT2D eigenvalue weighted by molar-refractivity contribution is 5.94. The van der Waals surface area contributed by atoms with E-state index >= 15 is 0 Å². The van der Waals surface area contributed by atoms with Crippen molar-refractivity contribution < 1.29 is 22.5 Å². The summed E-state index contributed by atoms with van der Waals surface area (Å²) in [6.07, 6.45) is 1.23. The summed E-state index contributed by atoms with van der Waals surface area (Å²) in [6, 6.07) is 9.41. The molecule has 0 bridgehead atoms. The summed E-state index contributed by atoms with van der Waals surface area (Å²) in [6.45, 7) is 0.276. The number of amides is 1. The Balaban J connectivity index is 1.54. The van der Waals surface area contributed by atoms with Crippen LogP contribution in [0.1, 0.15) is 31.0 Å². The van der Waals surface area contributed by atoms with Gasteiger partial charge in [0.1, 0.15) is 5.82 Å². The number of hydrogen-bond acceptors (Lipinski definition) is 4. The van der Waals surface area contributed by atoms with E-state index in [1.165, 1.54) is 41.3 Å². The lowest BCUT2D eigenvalue weighted by Crippen LogP contribution is -2.31. The van der Waals surface area contributed by atoms with Crippen molar-refractivity contribution in [3.05, 3.63) is 65.7 Å². The third-order valence-corrected chi connectivity index (χ3v) is 4.78. The number of rotatable bonds is 3. The molecule has 2 heterocycles. The Morgan fingerprint density at radius 1 is 1.07 bits per heavy atom. The molecule has 0 aliphatic carbocycles. The first-order valence-electron chi connectivity index (χ1n) is 8.87. The maximum atomic E-state index is 14.1. The third kappa shape index (κ3) is 3.49. The fourth-order valence-electron chi connectivity index (χ4n) is 3.33. The number of halogens is 3. The van der Waals surface area contributed by atoms with Gasteiger partial charge in [-0.1, -0.05) is 11.2 Å². The van der Waals surface area contributed by atoms with E-state index in [-0.39, 0.29) is 42.2 Å². The fourth-order valence-corrected chi connectivity index (χ4v) is 3.33. The van der Waals surface area contributed by atoms with Gasteiger partial charge in [-0.15, -0.1) is 0 Å². The van der Waals surface area contributed by atoms with Crippen LogP contribution >= 0.6 is 0 Å². The van der Waals surface area contributed by atoms with Crippen molar-refractivity contribution in [2.45, 2.75) is 25.2 Å². The molecular weight excluding hydrogens is 371 g/mol. The number of benzene rings is 2. The number of carbonyl (C=O) groups excluding carboxylic acids is 1. The third-order valence-electron chi connectivity index (χ3n) is 4.78. The number of nitrogens with zero attached hydrogens (tertiary/aromatic N) is 3. The van der Waals surface area contributed by atoms with Crippen LogP contribution in [0.5, 0.6) is 0 Å². The zero-order valence-corrected chi connectivity index (χ0v) is 14.7. The van der Waals surface area contributed by atoms with Gasteiger partial charge in [0.25, 0.3) is 5.89 Å². The van der Waals surface area contributed by atoms with Gasteiger partial charge in [0.2, 0.25) is 5.91 Å². The Bertz CT molecular complexity index is 1000. The maximum Gasteiger partial charge on any atom is 0.257 e. The number of aromatic nitrogens is 2. The van der Waals surface area contributed by atoms with Crippen LogP contribution in [0.25, 0.3) is 11.5 Å². The van der Waals surface area contributed by atoms with Gasteiger partial charge in [-0.2, -0.15) is 4.98 Å². The first-order chi connectivity index (χ1) is 13.5. The zero-order chi connectivity index (χ0) is 19.7. The van der Waals surface area contributed by atoms with Crippen molar-refractivity contribution in [2.24, 2.45) is 0 Å². The topological polar surface area (TPSA) is 59.2 Å². The summed E-state index contributed by atoms with van der Waals surface area (Å²) < 4.78 is 45.9. The molecule has 1 amide bonds. The molecule has 3 aromatic rings. The van der Waals surface area contributed by atoms with Gasteiger partial charge in [-0.05, 0) is 49.2 Å². The molecule has 28 heavy (non-hydrogen) atoms. The number of carbonyl (C=O) groups is 1. The molecule has 144 valence electrons. The SMILES string of the molecule is O=C1CC(c2noc(-c3ccc(F)cc3)n2)CCCN1c1cccc(F)c1F. The fraction of sp³-hybridized carbons (Fsp3) is 0.250. The predicted octanol–water partition coefficient (Wildman–Crippen LogP) is 4.45. The lowest BCUT2D eigenvalue weighted by atomic mass is 10.00. The highest BCUT2D eigenvalue weighted by Gasteiger charge is 2.30. The average Bonchev–Trinajstić information content (AvgIpc) is 3.09. The molecule has 0 spiro atoms. The molecule has 1 unspecified atom stereocenters. The Labute approximate surface area is 158 Å². The molecule has 0 radical (unpaired) electrons. The van der Waals surface area contributed by atoms with E-state index in [1.54, 1.807) is 0 Å². The van der Waals surface area contributed by atoms with Gasteiger partial charge >= 0.3 is 0 Å². The second-order valence-corrected chi connectivity index (χ2v) is 6.63. The molecular formula is C20H16F3N3O2. The van der Waals surface area contributed by atoms with Crippen LogP contribution in [0.4, 0.5) is 18.9 Å². The second kappa shape index (κ2) is 7.46. The highest BCUT2D eigenvalue weighted by atomic mass is 19.2. The molecule has 1 atom stereocenters. The molecule has 0 saturated carbocycles. The van der Waals surface area contributed by atoms with Gasteiger partial charge in [-0.3, -0.25) is 4.79 Å². The largest absolute Gasteiger partial charge is 0.334 e. The van der Waals surface area contributed by atoms with E-state index in [0.29, 0.717) is 24.2 Å². The first-order valence-corrected chi connectivity index (χ1v) is 8.87. The van der Waals surface area contributed by atoms with E-state index in [0.717, 1.165) is 6.07 Å². The lowest BCUT2D eigenvalue weighted by molar-refractivity contribution is -0.118. The Hall–Kier alpha value is -3.16. The van der Waals surface area contributed by atoms with E-state index in [4.69, 9.17) is 4.52 Å². The summed E-state index contributed by atoms with van der Waals surface area (Å²) in [4.78, 5) is 18.3. The summed E-state index contributed by atoms with van der Waals surface area (Å²) in [5, 5.41) is 3.96. The van der Waals surface area contributed by atoms with Crippen molar-refractivity contribution >= 4 is 11.6 Å². The summed E-state index contributed by atoms with van der Waals surface area (Å²) in [5.41, 5.74) is 0.509. The number of anilines is 1. The van der Waals surface area contributed by atoms with Crippen molar-refractivity contribution in [2.75, 3.05) is 11.4 Å². The van der Waals surface area contributed by atoms with Crippen LogP contribution in [-0.4, -0.2) is 22.6 Å². The van der Waals surface area contributed by atoms with Gasteiger partial charge in [0.15, 0.2) is 17.5 Å². The maximum absolute atomic E-state index is 14.1. The Morgan fingerprint density at radius 3 is 2.64 bits per heavy atom. The predicted molar refractivity (Wildman–Crippen MR) is 95.0 cm³/mol. The molecule has 0 N–H and O–H groups in total. The standard InChI is InChI=1S/C20H16F3N3O2/c21-14-8-6-12(7-9-14)20-24-19(25-28-20)13-3-2-10-26(17(27)11-13)16-5-1-4-15(22)18(16)23/h1,4-9,13H,2-3,10-11H2. The molecule has 4 rings (SSSR count). The van der Waals surface area contributed by atoms with E-state index in [2.05, 4.69) is 10.1 Å². The van der Waals surface area contributed by atoms with Gasteiger partial charge < -0.3 is 9.42 Å². The quantitative estimate of drug-likeness (QED) is 0.666. The van der Waals surface area contributed by atoms with Crippen LogP contribution in [0.2, 0.25) is 0 Å². The van der Waals surface area contributed by atoms with Crippen molar-refractivity contribution in [1.82, 2.24) is 10.1 Å². The minimum Gasteiger partial charge on any atom is -0.334 e. The van der Waals surface area contributed by atoms with Gasteiger partial charge in [-0.25, -0.2) is 13.2 Å². The van der Waals surface area contributed by atoms with Crippen molar-refractivity contribution in [3.8, 4) is 11.5 Å². The summed E-state index contributed by atoms with van der Waals surface area (Å²) >= 11 is 0. The van der Waals surface area contributed by atoms with Crippen LogP contribution in [0.3, 0.4) is 0 Å². The number of hydrogen-bond donors (Lipinski definition) is 0. The molecule has 1 fully saturated rings. The van der Waals surface area contributed by atoms with Crippen molar-refractivity contribution in [1.29, 1.82) is 0 Å². The molecule has 1 aromatic heterocycles. The summed E-state index contributed by atoms with van der Waals surface area (Å²) in [7, 11) is 0. The summed E-state index contributed by atoms with van der Waals surface area (Å²) in [5.74, 6) is -2.43. The van der Waals surface area contributed by atoms with Crippen LogP contribution in [0, 0.1) is 17.5 Å².